The molecule has 2 atom stereocenters. The molecule has 5 heteroatoms. The van der Waals surface area contributed by atoms with Crippen molar-refractivity contribution in [3.8, 4) is 5.75 Å². The summed E-state index contributed by atoms with van der Waals surface area (Å²) < 4.78 is 5.48. The van der Waals surface area contributed by atoms with Crippen LogP contribution >= 0.6 is 0 Å². The Morgan fingerprint density at radius 2 is 1.62 bits per heavy atom. The Morgan fingerprint density at radius 3 is 2.25 bits per heavy atom. The van der Waals surface area contributed by atoms with Crippen molar-refractivity contribution in [3.63, 3.8) is 0 Å². The molecule has 1 N–H and O–H groups in total. The van der Waals surface area contributed by atoms with Crippen molar-refractivity contribution < 1.29 is 19.4 Å². The van der Waals surface area contributed by atoms with E-state index in [1.54, 1.807) is 17.0 Å². The minimum Gasteiger partial charge on any atom is -0.484 e. The zero-order valence-electron chi connectivity index (χ0n) is 13.2. The standard InChI is InChI=1S/C19H19NO4/c21-18(13-24-15-9-5-2-6-10-15)20-11-16(17(12-20)19(22)23)14-7-3-1-4-8-14/h1-10,16-17H,11-13H2,(H,22,23). The van der Waals surface area contributed by atoms with E-state index in [-0.39, 0.29) is 25.0 Å². The van der Waals surface area contributed by atoms with E-state index in [0.29, 0.717) is 12.3 Å². The van der Waals surface area contributed by atoms with Gasteiger partial charge in [0.05, 0.1) is 5.92 Å². The summed E-state index contributed by atoms with van der Waals surface area (Å²) in [6, 6.07) is 18.6. The third kappa shape index (κ3) is 3.56. The maximum atomic E-state index is 12.4. The van der Waals surface area contributed by atoms with Crippen molar-refractivity contribution in [1.29, 1.82) is 0 Å². The summed E-state index contributed by atoms with van der Waals surface area (Å²) in [5.41, 5.74) is 0.948. The molecule has 1 heterocycles. The van der Waals surface area contributed by atoms with Crippen LogP contribution in [0.5, 0.6) is 5.75 Å². The molecule has 0 saturated carbocycles. The van der Waals surface area contributed by atoms with Crippen molar-refractivity contribution in [2.75, 3.05) is 19.7 Å². The first-order valence-corrected chi connectivity index (χ1v) is 7.88. The molecule has 1 aliphatic heterocycles. The summed E-state index contributed by atoms with van der Waals surface area (Å²) in [5, 5.41) is 9.48. The van der Waals surface area contributed by atoms with Crippen LogP contribution in [0.25, 0.3) is 0 Å². The minimum atomic E-state index is -0.872. The fourth-order valence-corrected chi connectivity index (χ4v) is 3.05. The average molecular weight is 325 g/mol. The Balaban J connectivity index is 1.66. The summed E-state index contributed by atoms with van der Waals surface area (Å²) in [6.45, 7) is 0.529. The van der Waals surface area contributed by atoms with Gasteiger partial charge < -0.3 is 14.7 Å². The number of carboxylic acids is 1. The number of hydrogen-bond acceptors (Lipinski definition) is 3. The first kappa shape index (κ1) is 16.1. The van der Waals surface area contributed by atoms with E-state index in [1.165, 1.54) is 0 Å². The van der Waals surface area contributed by atoms with Crippen molar-refractivity contribution >= 4 is 11.9 Å². The summed E-state index contributed by atoms with van der Waals surface area (Å²) in [4.78, 5) is 25.5. The second-order valence-electron chi connectivity index (χ2n) is 5.86. The van der Waals surface area contributed by atoms with Gasteiger partial charge in [0.25, 0.3) is 5.91 Å². The van der Waals surface area contributed by atoms with E-state index < -0.39 is 11.9 Å². The molecule has 1 aliphatic rings. The van der Waals surface area contributed by atoms with Crippen LogP contribution in [0.1, 0.15) is 11.5 Å². The molecule has 0 spiro atoms. The van der Waals surface area contributed by atoms with E-state index in [0.717, 1.165) is 5.56 Å². The minimum absolute atomic E-state index is 0.0855. The number of carbonyl (C=O) groups is 2. The Morgan fingerprint density at radius 1 is 1.00 bits per heavy atom. The third-order valence-electron chi connectivity index (χ3n) is 4.32. The van der Waals surface area contributed by atoms with Gasteiger partial charge >= 0.3 is 5.97 Å². The normalized spacial score (nSPS) is 19.9. The molecule has 2 aromatic rings. The van der Waals surface area contributed by atoms with Crippen molar-refractivity contribution in [1.82, 2.24) is 4.90 Å². The molecule has 0 radical (unpaired) electrons. The van der Waals surface area contributed by atoms with E-state index in [1.807, 2.05) is 48.5 Å². The Kier molecular flexibility index (Phi) is 4.79. The van der Waals surface area contributed by atoms with Gasteiger partial charge in [-0.25, -0.2) is 0 Å². The number of hydrogen-bond donors (Lipinski definition) is 1. The lowest BCUT2D eigenvalue weighted by molar-refractivity contribution is -0.142. The first-order chi connectivity index (χ1) is 11.6. The maximum absolute atomic E-state index is 12.4. The molecule has 5 nitrogen and oxygen atoms in total. The fourth-order valence-electron chi connectivity index (χ4n) is 3.05. The number of carboxylic acid groups (broad SMARTS) is 1. The van der Waals surface area contributed by atoms with Gasteiger partial charge in [-0.1, -0.05) is 48.5 Å². The topological polar surface area (TPSA) is 66.8 Å². The van der Waals surface area contributed by atoms with Crippen LogP contribution in [0.2, 0.25) is 0 Å². The fraction of sp³-hybridized carbons (Fsp3) is 0.263. The number of likely N-dealkylation sites (tertiary alicyclic amines) is 1. The molecule has 2 unspecified atom stereocenters. The molecule has 1 amide bonds. The second kappa shape index (κ2) is 7.17. The predicted molar refractivity (Wildman–Crippen MR) is 88.8 cm³/mol. The van der Waals surface area contributed by atoms with Crippen LogP contribution in [-0.4, -0.2) is 41.6 Å². The van der Waals surface area contributed by atoms with E-state index in [9.17, 15) is 14.7 Å². The molecule has 1 fully saturated rings. The number of ether oxygens (including phenoxy) is 1. The van der Waals surface area contributed by atoms with Gasteiger partial charge in [-0.2, -0.15) is 0 Å². The smallest absolute Gasteiger partial charge is 0.308 e. The zero-order chi connectivity index (χ0) is 16.9. The highest BCUT2D eigenvalue weighted by molar-refractivity contribution is 5.80. The van der Waals surface area contributed by atoms with E-state index in [2.05, 4.69) is 0 Å². The van der Waals surface area contributed by atoms with Gasteiger partial charge in [-0.05, 0) is 17.7 Å². The highest BCUT2D eigenvalue weighted by Crippen LogP contribution is 2.32. The molecule has 124 valence electrons. The van der Waals surface area contributed by atoms with Gasteiger partial charge in [0, 0.05) is 19.0 Å². The summed E-state index contributed by atoms with van der Waals surface area (Å²) in [5.74, 6) is -1.22. The Bertz CT molecular complexity index is 702. The number of amides is 1. The monoisotopic (exact) mass is 325 g/mol. The number of aliphatic carboxylic acids is 1. The van der Waals surface area contributed by atoms with Crippen LogP contribution in [0.15, 0.2) is 60.7 Å². The van der Waals surface area contributed by atoms with Crippen LogP contribution in [0, 0.1) is 5.92 Å². The lowest BCUT2D eigenvalue weighted by atomic mass is 9.89. The molecular formula is C19H19NO4. The number of carbonyl (C=O) groups excluding carboxylic acids is 1. The third-order valence-corrected chi connectivity index (χ3v) is 4.32. The molecule has 2 aromatic carbocycles. The zero-order valence-corrected chi connectivity index (χ0v) is 13.2. The highest BCUT2D eigenvalue weighted by atomic mass is 16.5. The number of benzene rings is 2. The molecular weight excluding hydrogens is 306 g/mol. The SMILES string of the molecule is O=C(O)C1CN(C(=O)COc2ccccc2)CC1c1ccccc1. The van der Waals surface area contributed by atoms with Gasteiger partial charge in [0.2, 0.25) is 0 Å². The molecule has 3 rings (SSSR count). The lowest BCUT2D eigenvalue weighted by Gasteiger charge is -2.17. The second-order valence-corrected chi connectivity index (χ2v) is 5.86. The van der Waals surface area contributed by atoms with Crippen molar-refractivity contribution in [2.24, 2.45) is 5.92 Å². The molecule has 24 heavy (non-hydrogen) atoms. The molecule has 0 aliphatic carbocycles. The van der Waals surface area contributed by atoms with Crippen LogP contribution in [-0.2, 0) is 9.59 Å². The first-order valence-electron chi connectivity index (χ1n) is 7.88. The van der Waals surface area contributed by atoms with Crippen LogP contribution < -0.4 is 4.74 Å². The van der Waals surface area contributed by atoms with Crippen molar-refractivity contribution in [3.05, 3.63) is 66.2 Å². The predicted octanol–water partition coefficient (Wildman–Crippen LogP) is 2.39. The number of rotatable bonds is 5. The quantitative estimate of drug-likeness (QED) is 0.916. The van der Waals surface area contributed by atoms with Gasteiger partial charge in [0.1, 0.15) is 5.75 Å². The lowest BCUT2D eigenvalue weighted by Crippen LogP contribution is -2.33. The molecule has 0 aromatic heterocycles. The van der Waals surface area contributed by atoms with Gasteiger partial charge in [-0.3, -0.25) is 9.59 Å². The molecule has 1 saturated heterocycles. The molecule has 0 bridgehead atoms. The highest BCUT2D eigenvalue weighted by Gasteiger charge is 2.40. The van der Waals surface area contributed by atoms with E-state index >= 15 is 0 Å². The van der Waals surface area contributed by atoms with Crippen LogP contribution in [0.4, 0.5) is 0 Å². The number of para-hydroxylation sites is 1. The van der Waals surface area contributed by atoms with E-state index in [4.69, 9.17) is 4.74 Å². The maximum Gasteiger partial charge on any atom is 0.308 e. The Labute approximate surface area is 140 Å². The van der Waals surface area contributed by atoms with Crippen LogP contribution in [0.3, 0.4) is 0 Å². The number of nitrogens with zero attached hydrogens (tertiary/aromatic N) is 1. The van der Waals surface area contributed by atoms with Gasteiger partial charge in [0.15, 0.2) is 6.61 Å². The van der Waals surface area contributed by atoms with Gasteiger partial charge in [-0.15, -0.1) is 0 Å². The van der Waals surface area contributed by atoms with Crippen molar-refractivity contribution in [2.45, 2.75) is 5.92 Å². The summed E-state index contributed by atoms with van der Waals surface area (Å²) in [7, 11) is 0. The summed E-state index contributed by atoms with van der Waals surface area (Å²) >= 11 is 0. The summed E-state index contributed by atoms with van der Waals surface area (Å²) in [6.07, 6.45) is 0. The largest absolute Gasteiger partial charge is 0.484 e. The Hall–Kier alpha value is -2.82. The average Bonchev–Trinajstić information content (AvgIpc) is 3.07.